The Hall–Kier alpha value is -1.98. The quantitative estimate of drug-likeness (QED) is 0.343. The van der Waals surface area contributed by atoms with Crippen molar-refractivity contribution in [3.05, 3.63) is 39.4 Å². The van der Waals surface area contributed by atoms with E-state index in [2.05, 4.69) is 0 Å². The van der Waals surface area contributed by atoms with Crippen molar-refractivity contribution in [2.45, 2.75) is 13.3 Å². The van der Waals surface area contributed by atoms with Crippen LogP contribution in [0.5, 0.6) is 0 Å². The Bertz CT molecular complexity index is 433. The second kappa shape index (κ2) is 5.93. The highest BCUT2D eigenvalue weighted by Crippen LogP contribution is 2.19. The number of nitro groups is 1. The molecule has 0 aliphatic carbocycles. The van der Waals surface area contributed by atoms with Crippen LogP contribution in [0, 0.1) is 17.0 Å². The van der Waals surface area contributed by atoms with Crippen molar-refractivity contribution in [1.29, 1.82) is 0 Å². The molecule has 92 valence electrons. The average Bonchev–Trinajstić information content (AvgIpc) is 2.28. The van der Waals surface area contributed by atoms with Crippen LogP contribution >= 0.6 is 0 Å². The lowest BCUT2D eigenvalue weighted by Crippen LogP contribution is -2.07. The Morgan fingerprint density at radius 2 is 2.24 bits per heavy atom. The van der Waals surface area contributed by atoms with Crippen LogP contribution in [0.25, 0.3) is 0 Å². The third-order valence-electron chi connectivity index (χ3n) is 2.14. The van der Waals surface area contributed by atoms with Crippen LogP contribution in [0.3, 0.4) is 0 Å². The van der Waals surface area contributed by atoms with E-state index in [9.17, 15) is 19.3 Å². The van der Waals surface area contributed by atoms with Gasteiger partial charge in [0.05, 0.1) is 23.8 Å². The molecule has 0 aliphatic heterocycles. The Morgan fingerprint density at radius 3 is 2.76 bits per heavy atom. The fourth-order valence-corrected chi connectivity index (χ4v) is 1.29. The Labute approximate surface area is 97.3 Å². The summed E-state index contributed by atoms with van der Waals surface area (Å²) in [4.78, 5) is 21.5. The fraction of sp³-hybridized carbons (Fsp3) is 0.364. The highest BCUT2D eigenvalue weighted by Gasteiger charge is 2.14. The van der Waals surface area contributed by atoms with E-state index >= 15 is 0 Å². The fourth-order valence-electron chi connectivity index (χ4n) is 1.29. The molecule has 0 heterocycles. The summed E-state index contributed by atoms with van der Waals surface area (Å²) in [5, 5.41) is 10.6. The highest BCUT2D eigenvalue weighted by atomic mass is 19.1. The van der Waals surface area contributed by atoms with Gasteiger partial charge in [0.1, 0.15) is 0 Å². The number of aryl methyl sites for hydroxylation is 1. The molecular formula is C11H12FNO4. The van der Waals surface area contributed by atoms with Crippen molar-refractivity contribution in [2.24, 2.45) is 0 Å². The maximum Gasteiger partial charge on any atom is 0.338 e. The second-order valence-corrected chi connectivity index (χ2v) is 3.44. The molecule has 1 rings (SSSR count). The van der Waals surface area contributed by atoms with Crippen molar-refractivity contribution in [3.8, 4) is 0 Å². The summed E-state index contributed by atoms with van der Waals surface area (Å²) in [7, 11) is 0. The standard InChI is InChI=1S/C11H12FNO4/c1-8-7-9(3-4-10(8)13(15)16)11(14)17-6-2-5-12/h3-4,7H,2,5-6H2,1H3. The van der Waals surface area contributed by atoms with Gasteiger partial charge >= 0.3 is 5.97 Å². The van der Waals surface area contributed by atoms with Gasteiger partial charge in [0, 0.05) is 18.1 Å². The number of esters is 1. The number of carbonyl (C=O) groups excluding carboxylic acids is 1. The zero-order valence-electron chi connectivity index (χ0n) is 9.31. The lowest BCUT2D eigenvalue weighted by Gasteiger charge is -2.04. The molecule has 6 heteroatoms. The molecule has 0 unspecified atom stereocenters. The Morgan fingerprint density at radius 1 is 1.53 bits per heavy atom. The zero-order valence-corrected chi connectivity index (χ0v) is 9.31. The van der Waals surface area contributed by atoms with Gasteiger partial charge in [-0.1, -0.05) is 0 Å². The predicted molar refractivity (Wildman–Crippen MR) is 58.7 cm³/mol. The van der Waals surface area contributed by atoms with Gasteiger partial charge in [-0.3, -0.25) is 14.5 Å². The molecule has 5 nitrogen and oxygen atoms in total. The van der Waals surface area contributed by atoms with Crippen molar-refractivity contribution in [3.63, 3.8) is 0 Å². The lowest BCUT2D eigenvalue weighted by molar-refractivity contribution is -0.385. The molecular weight excluding hydrogens is 229 g/mol. The van der Waals surface area contributed by atoms with Crippen LogP contribution in [-0.4, -0.2) is 24.2 Å². The first kappa shape index (κ1) is 13.1. The molecule has 0 saturated heterocycles. The van der Waals surface area contributed by atoms with Gasteiger partial charge in [-0.05, 0) is 19.1 Å². The first-order valence-corrected chi connectivity index (χ1v) is 5.04. The van der Waals surface area contributed by atoms with Crippen LogP contribution in [0.2, 0.25) is 0 Å². The van der Waals surface area contributed by atoms with Crippen molar-refractivity contribution in [1.82, 2.24) is 0 Å². The normalized spacial score (nSPS) is 10.0. The summed E-state index contributed by atoms with van der Waals surface area (Å²) >= 11 is 0. The van der Waals surface area contributed by atoms with Gasteiger partial charge in [-0.25, -0.2) is 4.79 Å². The van der Waals surface area contributed by atoms with Crippen LogP contribution in [0.15, 0.2) is 18.2 Å². The molecule has 0 amide bonds. The minimum absolute atomic E-state index is 0.00533. The number of hydrogen-bond acceptors (Lipinski definition) is 4. The number of nitrogens with zero attached hydrogens (tertiary/aromatic N) is 1. The lowest BCUT2D eigenvalue weighted by atomic mass is 10.1. The Kier molecular flexibility index (Phi) is 4.56. The largest absolute Gasteiger partial charge is 0.462 e. The minimum atomic E-state index is -0.601. The van der Waals surface area contributed by atoms with Crippen LogP contribution in [-0.2, 0) is 4.74 Å². The third-order valence-corrected chi connectivity index (χ3v) is 2.14. The number of halogens is 1. The first-order chi connectivity index (χ1) is 8.06. The molecule has 0 fully saturated rings. The van der Waals surface area contributed by atoms with Crippen LogP contribution < -0.4 is 0 Å². The van der Waals surface area contributed by atoms with E-state index < -0.39 is 17.6 Å². The molecule has 0 radical (unpaired) electrons. The van der Waals surface area contributed by atoms with Crippen molar-refractivity contribution < 1.29 is 18.8 Å². The molecule has 0 spiro atoms. The van der Waals surface area contributed by atoms with Crippen LogP contribution in [0.1, 0.15) is 22.3 Å². The maximum atomic E-state index is 11.8. The molecule has 0 atom stereocenters. The topological polar surface area (TPSA) is 69.4 Å². The van der Waals surface area contributed by atoms with E-state index in [0.717, 1.165) is 0 Å². The van der Waals surface area contributed by atoms with E-state index in [4.69, 9.17) is 4.74 Å². The number of alkyl halides is 1. The van der Waals surface area contributed by atoms with E-state index in [1.165, 1.54) is 25.1 Å². The van der Waals surface area contributed by atoms with Crippen molar-refractivity contribution >= 4 is 11.7 Å². The molecule has 0 N–H and O–H groups in total. The molecule has 1 aromatic carbocycles. The molecule has 0 saturated carbocycles. The van der Waals surface area contributed by atoms with Gasteiger partial charge in [0.2, 0.25) is 0 Å². The minimum Gasteiger partial charge on any atom is -0.462 e. The SMILES string of the molecule is Cc1cc(C(=O)OCCCF)ccc1[N+](=O)[O-]. The summed E-state index contributed by atoms with van der Waals surface area (Å²) in [6, 6.07) is 3.96. The summed E-state index contributed by atoms with van der Waals surface area (Å²) in [5.41, 5.74) is 0.562. The second-order valence-electron chi connectivity index (χ2n) is 3.44. The summed E-state index contributed by atoms with van der Waals surface area (Å²) < 4.78 is 16.6. The summed E-state index contributed by atoms with van der Waals surface area (Å²) in [6.45, 7) is 0.994. The predicted octanol–water partition coefficient (Wildman–Crippen LogP) is 2.42. The number of hydrogen-bond donors (Lipinski definition) is 0. The number of carbonyl (C=O) groups is 1. The van der Waals surface area contributed by atoms with E-state index in [1.807, 2.05) is 0 Å². The van der Waals surface area contributed by atoms with Gasteiger partial charge in [0.15, 0.2) is 0 Å². The molecule has 17 heavy (non-hydrogen) atoms. The van der Waals surface area contributed by atoms with Gasteiger partial charge in [-0.15, -0.1) is 0 Å². The average molecular weight is 241 g/mol. The first-order valence-electron chi connectivity index (χ1n) is 5.04. The van der Waals surface area contributed by atoms with E-state index in [1.54, 1.807) is 0 Å². The van der Waals surface area contributed by atoms with Gasteiger partial charge < -0.3 is 4.74 Å². The van der Waals surface area contributed by atoms with E-state index in [0.29, 0.717) is 5.56 Å². The summed E-state index contributed by atoms with van der Waals surface area (Å²) in [5.74, 6) is -0.601. The maximum absolute atomic E-state index is 11.8. The molecule has 0 aromatic heterocycles. The number of nitro benzene ring substituents is 1. The number of rotatable bonds is 5. The summed E-state index contributed by atoms with van der Waals surface area (Å²) in [6.07, 6.45) is 0.150. The number of ether oxygens (including phenoxy) is 1. The van der Waals surface area contributed by atoms with E-state index in [-0.39, 0.29) is 24.3 Å². The Balaban J connectivity index is 2.76. The molecule has 0 bridgehead atoms. The van der Waals surface area contributed by atoms with Gasteiger partial charge in [0.25, 0.3) is 5.69 Å². The number of benzene rings is 1. The monoisotopic (exact) mass is 241 g/mol. The zero-order chi connectivity index (χ0) is 12.8. The smallest absolute Gasteiger partial charge is 0.338 e. The molecule has 1 aromatic rings. The highest BCUT2D eigenvalue weighted by molar-refractivity contribution is 5.90. The third kappa shape index (κ3) is 3.51. The van der Waals surface area contributed by atoms with Gasteiger partial charge in [-0.2, -0.15) is 0 Å². The van der Waals surface area contributed by atoms with Crippen LogP contribution in [0.4, 0.5) is 10.1 Å². The molecule has 0 aliphatic rings. The van der Waals surface area contributed by atoms with Crippen molar-refractivity contribution in [2.75, 3.05) is 13.3 Å².